The minimum atomic E-state index is -0.401. The third-order valence-electron chi connectivity index (χ3n) is 2.85. The Balaban J connectivity index is 2.17. The Bertz CT molecular complexity index is 550. The molecule has 96 valence electrons. The summed E-state index contributed by atoms with van der Waals surface area (Å²) in [5.41, 5.74) is 6.64. The number of nitrogens with zero attached hydrogens (tertiary/aromatic N) is 2. The van der Waals surface area contributed by atoms with Gasteiger partial charge in [-0.05, 0) is 25.5 Å². The third-order valence-corrected chi connectivity index (χ3v) is 2.85. The Labute approximate surface area is 104 Å². The van der Waals surface area contributed by atoms with Gasteiger partial charge in [-0.15, -0.1) is 0 Å². The Morgan fingerprint density at radius 1 is 1.33 bits per heavy atom. The quantitative estimate of drug-likeness (QED) is 0.465. The molecule has 0 atom stereocenters. The molecule has 1 aromatic carbocycles. The molecule has 2 aromatic rings. The number of rotatable bonds is 6. The van der Waals surface area contributed by atoms with Gasteiger partial charge in [-0.1, -0.05) is 12.5 Å². The minimum absolute atomic E-state index is 0.0527. The number of imidazole rings is 1. The SMILES string of the molecule is NCCCCCc1nc2c([N+](=O)[O-])cccc2[nH]1. The zero-order chi connectivity index (χ0) is 13.0. The molecule has 0 unspecified atom stereocenters. The molecule has 0 amide bonds. The molecule has 0 saturated heterocycles. The Hall–Kier alpha value is -1.95. The molecule has 0 aliphatic heterocycles. The molecule has 1 heterocycles. The van der Waals surface area contributed by atoms with Crippen molar-refractivity contribution in [2.75, 3.05) is 6.54 Å². The Morgan fingerprint density at radius 3 is 2.89 bits per heavy atom. The van der Waals surface area contributed by atoms with E-state index in [1.165, 1.54) is 6.07 Å². The molecular formula is C12H16N4O2. The summed E-state index contributed by atoms with van der Waals surface area (Å²) in [4.78, 5) is 17.9. The molecule has 0 fully saturated rings. The summed E-state index contributed by atoms with van der Waals surface area (Å²) < 4.78 is 0. The van der Waals surface area contributed by atoms with Gasteiger partial charge in [-0.25, -0.2) is 4.98 Å². The van der Waals surface area contributed by atoms with Gasteiger partial charge < -0.3 is 10.7 Å². The van der Waals surface area contributed by atoms with E-state index in [9.17, 15) is 10.1 Å². The first-order chi connectivity index (χ1) is 8.72. The summed E-state index contributed by atoms with van der Waals surface area (Å²) in [6.45, 7) is 0.700. The minimum Gasteiger partial charge on any atom is -0.342 e. The van der Waals surface area contributed by atoms with Crippen LogP contribution in [0.1, 0.15) is 25.1 Å². The number of aromatic amines is 1. The van der Waals surface area contributed by atoms with E-state index in [-0.39, 0.29) is 5.69 Å². The van der Waals surface area contributed by atoms with Gasteiger partial charge >= 0.3 is 0 Å². The molecule has 3 N–H and O–H groups in total. The molecule has 0 bridgehead atoms. The number of non-ortho nitro benzene ring substituents is 1. The van der Waals surface area contributed by atoms with E-state index in [2.05, 4.69) is 9.97 Å². The van der Waals surface area contributed by atoms with E-state index in [0.29, 0.717) is 12.1 Å². The van der Waals surface area contributed by atoms with Crippen molar-refractivity contribution < 1.29 is 4.92 Å². The highest BCUT2D eigenvalue weighted by Gasteiger charge is 2.14. The smallest absolute Gasteiger partial charge is 0.297 e. The number of nitro benzene ring substituents is 1. The van der Waals surface area contributed by atoms with E-state index in [4.69, 9.17) is 5.73 Å². The van der Waals surface area contributed by atoms with Crippen molar-refractivity contribution in [2.45, 2.75) is 25.7 Å². The highest BCUT2D eigenvalue weighted by Crippen LogP contribution is 2.23. The molecule has 1 aromatic heterocycles. The molecule has 6 heteroatoms. The molecule has 0 aliphatic rings. The van der Waals surface area contributed by atoms with Gasteiger partial charge in [0.05, 0.1) is 10.4 Å². The van der Waals surface area contributed by atoms with Crippen molar-refractivity contribution in [2.24, 2.45) is 5.73 Å². The van der Waals surface area contributed by atoms with Gasteiger partial charge in [0.15, 0.2) is 5.52 Å². The molecule has 0 radical (unpaired) electrons. The van der Waals surface area contributed by atoms with Crippen molar-refractivity contribution >= 4 is 16.7 Å². The zero-order valence-corrected chi connectivity index (χ0v) is 10.1. The van der Waals surface area contributed by atoms with Crippen LogP contribution in [-0.4, -0.2) is 21.4 Å². The van der Waals surface area contributed by atoms with E-state index < -0.39 is 4.92 Å². The van der Waals surface area contributed by atoms with Crippen LogP contribution in [0, 0.1) is 10.1 Å². The van der Waals surface area contributed by atoms with Crippen molar-refractivity contribution in [1.29, 1.82) is 0 Å². The number of unbranched alkanes of at least 4 members (excludes halogenated alkanes) is 2. The summed E-state index contributed by atoms with van der Waals surface area (Å²) in [6.07, 6.45) is 3.84. The first kappa shape index (κ1) is 12.5. The number of benzene rings is 1. The van der Waals surface area contributed by atoms with Crippen molar-refractivity contribution in [3.63, 3.8) is 0 Å². The molecular weight excluding hydrogens is 232 g/mol. The van der Waals surface area contributed by atoms with E-state index in [1.807, 2.05) is 0 Å². The lowest BCUT2D eigenvalue weighted by Gasteiger charge is -1.95. The Morgan fingerprint density at radius 2 is 2.17 bits per heavy atom. The van der Waals surface area contributed by atoms with E-state index in [1.54, 1.807) is 12.1 Å². The van der Waals surface area contributed by atoms with Crippen LogP contribution in [-0.2, 0) is 6.42 Å². The maximum Gasteiger partial charge on any atom is 0.297 e. The maximum atomic E-state index is 10.9. The standard InChI is InChI=1S/C12H16N4O2/c13-8-3-1-2-7-11-14-9-5-4-6-10(16(17)18)12(9)15-11/h4-6H,1-3,7-8,13H2,(H,14,15). The number of nitrogens with one attached hydrogen (secondary N) is 1. The fraction of sp³-hybridized carbons (Fsp3) is 0.417. The summed E-state index contributed by atoms with van der Waals surface area (Å²) >= 11 is 0. The van der Waals surface area contributed by atoms with Crippen molar-refractivity contribution in [3.8, 4) is 0 Å². The maximum absolute atomic E-state index is 10.9. The van der Waals surface area contributed by atoms with E-state index >= 15 is 0 Å². The normalized spacial score (nSPS) is 10.9. The lowest BCUT2D eigenvalue weighted by molar-refractivity contribution is -0.383. The van der Waals surface area contributed by atoms with Gasteiger partial charge in [0.1, 0.15) is 5.82 Å². The molecule has 0 saturated carbocycles. The van der Waals surface area contributed by atoms with Crippen molar-refractivity contribution in [3.05, 3.63) is 34.1 Å². The average molecular weight is 248 g/mol. The van der Waals surface area contributed by atoms with Crippen LogP contribution in [0.15, 0.2) is 18.2 Å². The lowest BCUT2D eigenvalue weighted by atomic mass is 10.2. The van der Waals surface area contributed by atoms with Crippen LogP contribution >= 0.6 is 0 Å². The number of H-pyrrole nitrogens is 1. The first-order valence-electron chi connectivity index (χ1n) is 6.04. The number of aromatic nitrogens is 2. The number of aryl methyl sites for hydroxylation is 1. The second-order valence-electron chi connectivity index (χ2n) is 4.21. The largest absolute Gasteiger partial charge is 0.342 e. The summed E-state index contributed by atoms with van der Waals surface area (Å²) in [6, 6.07) is 4.94. The fourth-order valence-electron chi connectivity index (χ4n) is 1.95. The average Bonchev–Trinajstić information content (AvgIpc) is 2.76. The third kappa shape index (κ3) is 2.65. The topological polar surface area (TPSA) is 97.8 Å². The number of nitrogens with two attached hydrogens (primary N) is 1. The van der Waals surface area contributed by atoms with Gasteiger partial charge in [-0.2, -0.15) is 0 Å². The fourth-order valence-corrected chi connectivity index (χ4v) is 1.95. The zero-order valence-electron chi connectivity index (χ0n) is 10.1. The highest BCUT2D eigenvalue weighted by atomic mass is 16.6. The molecule has 2 rings (SSSR count). The number of para-hydroxylation sites is 1. The molecule has 18 heavy (non-hydrogen) atoms. The summed E-state index contributed by atoms with van der Waals surface area (Å²) in [5, 5.41) is 10.9. The van der Waals surface area contributed by atoms with Crippen LogP contribution < -0.4 is 5.73 Å². The molecule has 0 spiro atoms. The number of fused-ring (bicyclic) bond motifs is 1. The second-order valence-corrected chi connectivity index (χ2v) is 4.21. The summed E-state index contributed by atoms with van der Waals surface area (Å²) in [7, 11) is 0. The van der Waals surface area contributed by atoms with Crippen LogP contribution in [0.25, 0.3) is 11.0 Å². The molecule has 0 aliphatic carbocycles. The van der Waals surface area contributed by atoms with Gasteiger partial charge in [0.2, 0.25) is 0 Å². The highest BCUT2D eigenvalue weighted by molar-refractivity contribution is 5.84. The van der Waals surface area contributed by atoms with Crippen LogP contribution in [0.2, 0.25) is 0 Å². The lowest BCUT2D eigenvalue weighted by Crippen LogP contribution is -1.98. The van der Waals surface area contributed by atoms with E-state index in [0.717, 1.165) is 37.0 Å². The van der Waals surface area contributed by atoms with Crippen LogP contribution in [0.4, 0.5) is 5.69 Å². The predicted octanol–water partition coefficient (Wildman–Crippen LogP) is 2.14. The summed E-state index contributed by atoms with van der Waals surface area (Å²) in [5.74, 6) is 0.802. The second kappa shape index (κ2) is 5.59. The van der Waals surface area contributed by atoms with Gasteiger partial charge in [0.25, 0.3) is 5.69 Å². The monoisotopic (exact) mass is 248 g/mol. The number of nitro groups is 1. The van der Waals surface area contributed by atoms with Gasteiger partial charge in [-0.3, -0.25) is 10.1 Å². The number of hydrogen-bond acceptors (Lipinski definition) is 4. The van der Waals surface area contributed by atoms with Crippen LogP contribution in [0.3, 0.4) is 0 Å². The predicted molar refractivity (Wildman–Crippen MR) is 69.4 cm³/mol. The van der Waals surface area contributed by atoms with Gasteiger partial charge in [0, 0.05) is 12.5 Å². The number of hydrogen-bond donors (Lipinski definition) is 2. The van der Waals surface area contributed by atoms with Crippen molar-refractivity contribution in [1.82, 2.24) is 9.97 Å². The Kier molecular flexibility index (Phi) is 3.88. The van der Waals surface area contributed by atoms with Crippen LogP contribution in [0.5, 0.6) is 0 Å². The first-order valence-corrected chi connectivity index (χ1v) is 6.04. The molecule has 6 nitrogen and oxygen atoms in total.